The predicted molar refractivity (Wildman–Crippen MR) is 119 cm³/mol. The maximum Gasteiger partial charge on any atom is 0.339 e. The highest BCUT2D eigenvalue weighted by Crippen LogP contribution is 2.28. The molecule has 1 amide bonds. The van der Waals surface area contributed by atoms with Gasteiger partial charge in [0.25, 0.3) is 5.91 Å². The van der Waals surface area contributed by atoms with E-state index >= 15 is 0 Å². The van der Waals surface area contributed by atoms with Gasteiger partial charge in [-0.05, 0) is 55.1 Å². The van der Waals surface area contributed by atoms with Crippen LogP contribution in [0.1, 0.15) is 27.6 Å². The summed E-state index contributed by atoms with van der Waals surface area (Å²) in [5.41, 5.74) is 2.45. The molecule has 0 heterocycles. The number of benzene rings is 3. The Morgan fingerprint density at radius 2 is 1.67 bits per heavy atom. The number of nitrogens with one attached hydrogen (secondary N) is 1. The largest absolute Gasteiger partial charge is 0.495 e. The van der Waals surface area contributed by atoms with E-state index in [2.05, 4.69) is 5.32 Å². The molecular weight excluding hydrogens is 398 g/mol. The van der Waals surface area contributed by atoms with Crippen molar-refractivity contribution in [2.45, 2.75) is 17.9 Å². The van der Waals surface area contributed by atoms with Crippen molar-refractivity contribution in [1.82, 2.24) is 0 Å². The number of hydrogen-bond acceptors (Lipinski definition) is 5. The Morgan fingerprint density at radius 3 is 2.30 bits per heavy atom. The normalized spacial score (nSPS) is 11.4. The highest BCUT2D eigenvalue weighted by molar-refractivity contribution is 7.98. The molecule has 3 aromatic rings. The number of ether oxygens (including phenoxy) is 2. The Morgan fingerprint density at radius 1 is 0.967 bits per heavy atom. The molecule has 3 aromatic carbocycles. The van der Waals surface area contributed by atoms with Gasteiger partial charge in [0.05, 0.1) is 18.4 Å². The Labute approximate surface area is 180 Å². The molecule has 0 aliphatic heterocycles. The molecule has 0 fully saturated rings. The van der Waals surface area contributed by atoms with Crippen molar-refractivity contribution in [3.8, 4) is 5.75 Å². The quantitative estimate of drug-likeness (QED) is 0.416. The molecule has 0 aliphatic rings. The summed E-state index contributed by atoms with van der Waals surface area (Å²) >= 11 is 1.58. The van der Waals surface area contributed by atoms with Crippen molar-refractivity contribution in [1.29, 1.82) is 0 Å². The number of anilines is 1. The number of methoxy groups -OCH3 is 1. The van der Waals surface area contributed by atoms with Crippen molar-refractivity contribution < 1.29 is 19.1 Å². The van der Waals surface area contributed by atoms with E-state index in [-0.39, 0.29) is 0 Å². The summed E-state index contributed by atoms with van der Waals surface area (Å²) in [6.07, 6.45) is 0.854. The second kappa shape index (κ2) is 9.98. The van der Waals surface area contributed by atoms with E-state index in [4.69, 9.17) is 9.47 Å². The summed E-state index contributed by atoms with van der Waals surface area (Å²) in [6.45, 7) is 1.92. The summed E-state index contributed by atoms with van der Waals surface area (Å²) in [7, 11) is 1.53. The molecular formula is C24H23NO4S. The Hall–Kier alpha value is -3.25. The second-order valence-corrected chi connectivity index (χ2v) is 7.50. The summed E-state index contributed by atoms with van der Waals surface area (Å²) < 4.78 is 11.0. The van der Waals surface area contributed by atoms with Crippen molar-refractivity contribution >= 4 is 29.3 Å². The van der Waals surface area contributed by atoms with Gasteiger partial charge in [-0.2, -0.15) is 0 Å². The van der Waals surface area contributed by atoms with Crippen LogP contribution in [0.2, 0.25) is 0 Å². The van der Waals surface area contributed by atoms with Crippen molar-refractivity contribution in [3.05, 3.63) is 89.5 Å². The summed E-state index contributed by atoms with van der Waals surface area (Å²) in [5.74, 6) is -0.498. The lowest BCUT2D eigenvalue weighted by molar-refractivity contribution is -0.125. The highest BCUT2D eigenvalue weighted by atomic mass is 32.2. The number of carbonyl (C=O) groups excluding carboxylic acids is 2. The molecule has 5 nitrogen and oxygen atoms in total. The Kier molecular flexibility index (Phi) is 7.14. The van der Waals surface area contributed by atoms with E-state index in [1.165, 1.54) is 7.11 Å². The van der Waals surface area contributed by atoms with Gasteiger partial charge in [0.2, 0.25) is 6.10 Å². The first-order chi connectivity index (χ1) is 14.5. The van der Waals surface area contributed by atoms with Gasteiger partial charge in [0.15, 0.2) is 0 Å². The zero-order valence-corrected chi connectivity index (χ0v) is 17.9. The molecule has 3 rings (SSSR count). The molecule has 0 saturated carbocycles. The summed E-state index contributed by atoms with van der Waals surface area (Å²) in [5, 5.41) is 2.83. The van der Waals surface area contributed by atoms with Gasteiger partial charge in [-0.15, -0.1) is 11.8 Å². The smallest absolute Gasteiger partial charge is 0.339 e. The topological polar surface area (TPSA) is 64.6 Å². The van der Waals surface area contributed by atoms with Gasteiger partial charge in [-0.3, -0.25) is 4.79 Å². The molecule has 1 N–H and O–H groups in total. The average molecular weight is 422 g/mol. The van der Waals surface area contributed by atoms with E-state index in [0.29, 0.717) is 22.6 Å². The SMILES string of the molecule is COc1ccc(C)cc1NC(=O)[C@@H](OC(=O)c1ccc(SC)cc1)c1ccccc1. The standard InChI is InChI=1S/C24H23NO4S/c1-16-9-14-21(28-2)20(15-16)25-23(26)22(17-7-5-4-6-8-17)29-24(27)18-10-12-19(30-3)13-11-18/h4-15,22H,1-3H3,(H,25,26)/t22-/m0/s1. The molecule has 154 valence electrons. The van der Waals surface area contributed by atoms with Crippen LogP contribution in [-0.4, -0.2) is 25.2 Å². The van der Waals surface area contributed by atoms with Crippen LogP contribution in [0.3, 0.4) is 0 Å². The fraction of sp³-hybridized carbons (Fsp3) is 0.167. The average Bonchev–Trinajstić information content (AvgIpc) is 2.78. The first-order valence-corrected chi connectivity index (χ1v) is 10.6. The van der Waals surface area contributed by atoms with E-state index in [0.717, 1.165) is 10.5 Å². The van der Waals surface area contributed by atoms with Crippen LogP contribution in [0.15, 0.2) is 77.7 Å². The molecule has 0 spiro atoms. The number of amides is 1. The van der Waals surface area contributed by atoms with E-state index in [1.54, 1.807) is 54.2 Å². The van der Waals surface area contributed by atoms with Gasteiger partial charge < -0.3 is 14.8 Å². The van der Waals surface area contributed by atoms with Gasteiger partial charge in [-0.1, -0.05) is 36.4 Å². The summed E-state index contributed by atoms with van der Waals surface area (Å²) in [6, 6.07) is 21.5. The Balaban J connectivity index is 1.86. The lowest BCUT2D eigenvalue weighted by Crippen LogP contribution is -2.26. The van der Waals surface area contributed by atoms with Crippen LogP contribution in [-0.2, 0) is 9.53 Å². The fourth-order valence-electron chi connectivity index (χ4n) is 2.92. The maximum absolute atomic E-state index is 13.1. The van der Waals surface area contributed by atoms with Crippen LogP contribution in [0.4, 0.5) is 5.69 Å². The second-order valence-electron chi connectivity index (χ2n) is 6.62. The van der Waals surface area contributed by atoms with Crippen LogP contribution in [0.5, 0.6) is 5.75 Å². The van der Waals surface area contributed by atoms with E-state index in [1.807, 2.05) is 43.5 Å². The zero-order chi connectivity index (χ0) is 21.5. The number of aryl methyl sites for hydroxylation is 1. The lowest BCUT2D eigenvalue weighted by Gasteiger charge is -2.19. The lowest BCUT2D eigenvalue weighted by atomic mass is 10.1. The van der Waals surface area contributed by atoms with Crippen molar-refractivity contribution in [2.24, 2.45) is 0 Å². The monoisotopic (exact) mass is 421 g/mol. The Bertz CT molecular complexity index is 1020. The van der Waals surface area contributed by atoms with Crippen LogP contribution in [0.25, 0.3) is 0 Å². The molecule has 1 atom stereocenters. The number of carbonyl (C=O) groups is 2. The van der Waals surface area contributed by atoms with Crippen LogP contribution < -0.4 is 10.1 Å². The van der Waals surface area contributed by atoms with E-state index in [9.17, 15) is 9.59 Å². The predicted octanol–water partition coefficient (Wildman–Crippen LogP) is 5.26. The van der Waals surface area contributed by atoms with Gasteiger partial charge in [0, 0.05) is 10.5 Å². The molecule has 0 bridgehead atoms. The third kappa shape index (κ3) is 5.21. The molecule has 0 aliphatic carbocycles. The van der Waals surface area contributed by atoms with Gasteiger partial charge >= 0.3 is 5.97 Å². The number of esters is 1. The summed E-state index contributed by atoms with van der Waals surface area (Å²) in [4.78, 5) is 26.9. The minimum absolute atomic E-state index is 0.384. The zero-order valence-electron chi connectivity index (χ0n) is 17.0. The first kappa shape index (κ1) is 21.5. The number of rotatable bonds is 7. The van der Waals surface area contributed by atoms with Crippen LogP contribution in [0, 0.1) is 6.92 Å². The fourth-order valence-corrected chi connectivity index (χ4v) is 3.33. The van der Waals surface area contributed by atoms with Gasteiger partial charge in [0.1, 0.15) is 5.75 Å². The minimum Gasteiger partial charge on any atom is -0.495 e. The van der Waals surface area contributed by atoms with E-state index < -0.39 is 18.0 Å². The number of thioether (sulfide) groups is 1. The van der Waals surface area contributed by atoms with Gasteiger partial charge in [-0.25, -0.2) is 4.79 Å². The number of hydrogen-bond donors (Lipinski definition) is 1. The minimum atomic E-state index is -1.11. The van der Waals surface area contributed by atoms with Crippen LogP contribution >= 0.6 is 11.8 Å². The maximum atomic E-state index is 13.1. The molecule has 6 heteroatoms. The molecule has 0 aromatic heterocycles. The first-order valence-electron chi connectivity index (χ1n) is 9.37. The highest BCUT2D eigenvalue weighted by Gasteiger charge is 2.26. The molecule has 0 unspecified atom stereocenters. The third-order valence-electron chi connectivity index (χ3n) is 4.50. The molecule has 0 saturated heterocycles. The third-order valence-corrected chi connectivity index (χ3v) is 5.25. The molecule has 0 radical (unpaired) electrons. The van der Waals surface area contributed by atoms with Crippen molar-refractivity contribution in [2.75, 3.05) is 18.7 Å². The van der Waals surface area contributed by atoms with Crippen molar-refractivity contribution in [3.63, 3.8) is 0 Å². The molecule has 30 heavy (non-hydrogen) atoms.